The molecule has 0 radical (unpaired) electrons. The zero-order valence-corrected chi connectivity index (χ0v) is 29.1. The first-order valence-electron chi connectivity index (χ1n) is 16.7. The number of hydrogen-bond donors (Lipinski definition) is 0. The summed E-state index contributed by atoms with van der Waals surface area (Å²) in [5.74, 6) is -4.23. The summed E-state index contributed by atoms with van der Waals surface area (Å²) in [7, 11) is 2.19. The number of nitrogens with zero attached hydrogens (tertiary/aromatic N) is 4. The van der Waals surface area contributed by atoms with E-state index in [4.69, 9.17) is 28.4 Å². The lowest BCUT2D eigenvalue weighted by molar-refractivity contribution is -0.0606. The van der Waals surface area contributed by atoms with Crippen molar-refractivity contribution in [1.82, 2.24) is 18.9 Å². The van der Waals surface area contributed by atoms with Gasteiger partial charge in [0.15, 0.2) is 24.1 Å². The molecule has 0 N–H and O–H groups in total. The molecule has 4 atom stereocenters. The van der Waals surface area contributed by atoms with Gasteiger partial charge in [0, 0.05) is 6.07 Å². The predicted octanol–water partition coefficient (Wildman–Crippen LogP) is 3.82. The number of hydrogen-bond acceptors (Lipinski definition) is 14. The molecular formula is C39H30N4O12. The molecule has 0 unspecified atom stereocenters. The Kier molecular flexibility index (Phi) is 10.1. The number of benzene rings is 3. The van der Waals surface area contributed by atoms with Gasteiger partial charge < -0.3 is 28.4 Å². The Bertz CT molecular complexity index is 2490. The second-order valence-electron chi connectivity index (χ2n) is 12.0. The number of pyridine rings is 1. The van der Waals surface area contributed by atoms with E-state index in [1.54, 1.807) is 66.7 Å². The highest BCUT2D eigenvalue weighted by molar-refractivity contribution is 6.12. The number of carbonyl (C=O) groups is 5. The highest BCUT2D eigenvalue weighted by atomic mass is 16.7. The van der Waals surface area contributed by atoms with E-state index in [0.717, 1.165) is 31.0 Å². The highest BCUT2D eigenvalue weighted by Gasteiger charge is 2.52. The fourth-order valence-electron chi connectivity index (χ4n) is 6.18. The monoisotopic (exact) mass is 746 g/mol. The topological polar surface area (TPSA) is 193 Å². The predicted molar refractivity (Wildman–Crippen MR) is 189 cm³/mol. The smallest absolute Gasteiger partial charge is 0.340 e. The molecule has 0 bridgehead atoms. The van der Waals surface area contributed by atoms with Gasteiger partial charge in [0.2, 0.25) is 0 Å². The Balaban J connectivity index is 1.36. The normalized spacial score (nSPS) is 17.7. The van der Waals surface area contributed by atoms with E-state index in [2.05, 4.69) is 9.97 Å². The van der Waals surface area contributed by atoms with Crippen LogP contribution < -0.4 is 5.56 Å². The molecule has 3 aromatic carbocycles. The van der Waals surface area contributed by atoms with Crippen molar-refractivity contribution in [2.24, 2.45) is 0 Å². The minimum Gasteiger partial charge on any atom is -0.465 e. The van der Waals surface area contributed by atoms with Gasteiger partial charge in [-0.15, -0.1) is 0 Å². The third-order valence-corrected chi connectivity index (χ3v) is 8.79. The number of methoxy groups -OCH3 is 2. The van der Waals surface area contributed by atoms with Crippen molar-refractivity contribution in [3.63, 3.8) is 0 Å². The lowest BCUT2D eigenvalue weighted by atomic mass is 10.1. The molecule has 7 rings (SSSR count). The van der Waals surface area contributed by atoms with Crippen LogP contribution in [0, 0.1) is 0 Å². The third-order valence-electron chi connectivity index (χ3n) is 8.79. The fraction of sp³-hybridized carbons (Fsp3) is 0.179. The van der Waals surface area contributed by atoms with Gasteiger partial charge in [-0.25, -0.2) is 33.9 Å². The van der Waals surface area contributed by atoms with Gasteiger partial charge in [-0.3, -0.25) is 13.8 Å². The van der Waals surface area contributed by atoms with E-state index in [1.165, 1.54) is 35.2 Å². The lowest BCUT2D eigenvalue weighted by Crippen LogP contribution is -2.41. The highest BCUT2D eigenvalue weighted by Crippen LogP contribution is 2.37. The molecule has 1 fully saturated rings. The second kappa shape index (κ2) is 15.4. The summed E-state index contributed by atoms with van der Waals surface area (Å²) in [6.45, 7) is -0.455. The van der Waals surface area contributed by atoms with Gasteiger partial charge in [0.1, 0.15) is 30.1 Å². The average molecular weight is 747 g/mol. The zero-order valence-electron chi connectivity index (χ0n) is 29.1. The van der Waals surface area contributed by atoms with Crippen molar-refractivity contribution in [2.45, 2.75) is 24.5 Å². The van der Waals surface area contributed by atoms with Gasteiger partial charge in [0.25, 0.3) is 5.56 Å². The first kappa shape index (κ1) is 36.2. The van der Waals surface area contributed by atoms with Crippen molar-refractivity contribution in [2.75, 3.05) is 20.8 Å². The summed E-state index contributed by atoms with van der Waals surface area (Å²) in [4.78, 5) is 88.2. The minimum atomic E-state index is -1.43. The molecule has 278 valence electrons. The van der Waals surface area contributed by atoms with Crippen LogP contribution in [0.1, 0.15) is 58.0 Å². The zero-order chi connectivity index (χ0) is 38.6. The van der Waals surface area contributed by atoms with Crippen LogP contribution in [0.4, 0.5) is 0 Å². The summed E-state index contributed by atoms with van der Waals surface area (Å²) in [5.41, 5.74) is -1.03. The number of carbonyl (C=O) groups excluding carboxylic acids is 5. The molecule has 3 aromatic heterocycles. The first-order valence-corrected chi connectivity index (χ1v) is 16.7. The van der Waals surface area contributed by atoms with Crippen LogP contribution in [-0.4, -0.2) is 87.9 Å². The standard InChI is InChI=1S/C39H30N4O12/c1-50-38(48)25-18-27(44)42-21-41-33-29(30(42)28(25)39(49)51-2)40-20-43(33)34-32(55-37(47)24-16-10-5-11-17-24)31(54-36(46)23-14-8-4-9-15-23)26(53-34)19-52-35(45)22-12-6-3-7-13-22/h3-18,20-21,26,31-32,34H,19H2,1-2H3/t26-,31-,32-,34-/m1/s1. The fourth-order valence-corrected chi connectivity index (χ4v) is 6.18. The molecule has 16 nitrogen and oxygen atoms in total. The number of imidazole rings is 1. The van der Waals surface area contributed by atoms with E-state index < -0.39 is 66.6 Å². The van der Waals surface area contributed by atoms with Crippen LogP contribution in [0.5, 0.6) is 0 Å². The van der Waals surface area contributed by atoms with E-state index in [1.807, 2.05) is 0 Å². The first-order chi connectivity index (χ1) is 26.7. The Labute approximate surface area is 310 Å². The third kappa shape index (κ3) is 7.00. The average Bonchev–Trinajstić information content (AvgIpc) is 3.80. The molecule has 0 amide bonds. The molecule has 6 aromatic rings. The second-order valence-corrected chi connectivity index (χ2v) is 12.0. The molecule has 0 spiro atoms. The Morgan fingerprint density at radius 3 is 1.78 bits per heavy atom. The van der Waals surface area contributed by atoms with Crippen LogP contribution >= 0.6 is 0 Å². The van der Waals surface area contributed by atoms with Gasteiger partial charge >= 0.3 is 29.8 Å². The van der Waals surface area contributed by atoms with Crippen molar-refractivity contribution >= 4 is 46.5 Å². The van der Waals surface area contributed by atoms with Crippen molar-refractivity contribution < 1.29 is 52.4 Å². The number of ether oxygens (including phenoxy) is 6. The van der Waals surface area contributed by atoms with Crippen molar-refractivity contribution in [1.29, 1.82) is 0 Å². The van der Waals surface area contributed by atoms with Gasteiger partial charge in [-0.05, 0) is 36.4 Å². The van der Waals surface area contributed by atoms with Gasteiger partial charge in [0.05, 0.1) is 48.3 Å². The molecule has 16 heteroatoms. The Morgan fingerprint density at radius 1 is 0.673 bits per heavy atom. The molecule has 0 saturated carbocycles. The summed E-state index contributed by atoms with van der Waals surface area (Å²) in [5, 5.41) is 0. The van der Waals surface area contributed by atoms with E-state index in [9.17, 15) is 28.8 Å². The maximum atomic E-state index is 13.7. The molecule has 0 aliphatic carbocycles. The van der Waals surface area contributed by atoms with Gasteiger partial charge in [-0.2, -0.15) is 0 Å². The summed E-state index contributed by atoms with van der Waals surface area (Å²) in [6, 6.07) is 25.2. The number of fused-ring (bicyclic) bond motifs is 3. The van der Waals surface area contributed by atoms with Crippen LogP contribution in [0.3, 0.4) is 0 Å². The Morgan fingerprint density at radius 2 is 1.22 bits per heavy atom. The van der Waals surface area contributed by atoms with Gasteiger partial charge in [-0.1, -0.05) is 54.6 Å². The maximum absolute atomic E-state index is 13.7. The lowest BCUT2D eigenvalue weighted by Gasteiger charge is -2.25. The largest absolute Gasteiger partial charge is 0.465 e. The van der Waals surface area contributed by atoms with Crippen LogP contribution in [0.25, 0.3) is 16.7 Å². The van der Waals surface area contributed by atoms with Crippen LogP contribution in [0.15, 0.2) is 115 Å². The molecule has 4 heterocycles. The van der Waals surface area contributed by atoms with E-state index in [0.29, 0.717) is 0 Å². The maximum Gasteiger partial charge on any atom is 0.340 e. The molecule has 1 saturated heterocycles. The Hall–Kier alpha value is -7.20. The number of aromatic nitrogens is 4. The minimum absolute atomic E-state index is 0.00704. The molecule has 1 aliphatic heterocycles. The summed E-state index contributed by atoms with van der Waals surface area (Å²) in [6.07, 6.45) is -3.05. The summed E-state index contributed by atoms with van der Waals surface area (Å²) < 4.78 is 36.3. The quantitative estimate of drug-likeness (QED) is 0.145. The van der Waals surface area contributed by atoms with Crippen molar-refractivity contribution in [3.05, 3.63) is 148 Å². The molecule has 1 aliphatic rings. The SMILES string of the molecule is COC(=O)c1cc(=O)n2cnc3c(ncn3[C@@H]3O[C@H](COC(=O)c4ccccc4)[C@@H](OC(=O)c4ccccc4)[C@H]3OC(=O)c3ccccc3)c2c1C(=O)OC. The van der Waals surface area contributed by atoms with E-state index in [-0.39, 0.29) is 44.5 Å². The molecule has 55 heavy (non-hydrogen) atoms. The van der Waals surface area contributed by atoms with Crippen molar-refractivity contribution in [3.8, 4) is 0 Å². The number of esters is 5. The summed E-state index contributed by atoms with van der Waals surface area (Å²) >= 11 is 0. The van der Waals surface area contributed by atoms with Crippen LogP contribution in [-0.2, 0) is 28.4 Å². The molecular weight excluding hydrogens is 716 g/mol. The van der Waals surface area contributed by atoms with E-state index >= 15 is 0 Å². The van der Waals surface area contributed by atoms with Crippen LogP contribution in [0.2, 0.25) is 0 Å². The number of rotatable bonds is 10.